The number of carbonyl (C=O) groups excluding carboxylic acids is 2. The summed E-state index contributed by atoms with van der Waals surface area (Å²) in [6.07, 6.45) is 6.53. The van der Waals surface area contributed by atoms with E-state index in [0.29, 0.717) is 5.75 Å². The van der Waals surface area contributed by atoms with Crippen molar-refractivity contribution in [3.05, 3.63) is 70.4 Å². The van der Waals surface area contributed by atoms with Crippen molar-refractivity contribution in [3.8, 4) is 34.0 Å². The zero-order valence-corrected chi connectivity index (χ0v) is 26.4. The largest absolute Gasteiger partial charge is 0.507 e. The molecule has 208 valence electrons. The van der Waals surface area contributed by atoms with E-state index < -0.39 is 5.41 Å². The number of rotatable bonds is 3. The van der Waals surface area contributed by atoms with E-state index in [-0.39, 0.29) is 22.4 Å². The van der Waals surface area contributed by atoms with Crippen molar-refractivity contribution in [1.82, 2.24) is 19.9 Å². The molecule has 4 aromatic rings. The Hall–Kier alpha value is -2.95. The van der Waals surface area contributed by atoms with Gasteiger partial charge in [0.15, 0.2) is 0 Å². The van der Waals surface area contributed by atoms with Gasteiger partial charge in [0.05, 0.1) is 41.9 Å². The summed E-state index contributed by atoms with van der Waals surface area (Å²) >= 11 is 11.9. The monoisotopic (exact) mass is 680 g/mol. The van der Waals surface area contributed by atoms with Crippen LogP contribution in [0.4, 0.5) is 0 Å². The fourth-order valence-corrected chi connectivity index (χ4v) is 3.31. The number of nitrogens with one attached hydrogen (secondary N) is 2. The Morgan fingerprint density at radius 1 is 0.821 bits per heavy atom. The van der Waals surface area contributed by atoms with E-state index in [0.717, 1.165) is 31.5 Å². The normalized spacial score (nSPS) is 11.0. The summed E-state index contributed by atoms with van der Waals surface area (Å²) < 4.78 is 7.32. The second kappa shape index (κ2) is 13.9. The maximum absolute atomic E-state index is 12.0. The number of phenolic OH excluding ortho intramolecular Hbond substituents is 1. The lowest BCUT2D eigenvalue weighted by Crippen LogP contribution is -2.25. The number of aromatic amines is 2. The molecule has 2 aromatic heterocycles. The summed E-state index contributed by atoms with van der Waals surface area (Å²) in [4.78, 5) is 36.0. The lowest BCUT2D eigenvalue weighted by Gasteiger charge is -2.17. The van der Waals surface area contributed by atoms with E-state index in [2.05, 4.69) is 51.8 Å². The summed E-state index contributed by atoms with van der Waals surface area (Å²) in [5.41, 5.74) is 2.23. The van der Waals surface area contributed by atoms with Crippen molar-refractivity contribution in [2.45, 2.75) is 41.5 Å². The number of halogens is 3. The minimum absolute atomic E-state index is 0.243. The fraction of sp³-hybridized carbons (Fsp3) is 0.286. The highest BCUT2D eigenvalue weighted by Crippen LogP contribution is 2.33. The van der Waals surface area contributed by atoms with E-state index in [9.17, 15) is 14.7 Å². The molecule has 0 saturated heterocycles. The molecule has 0 unspecified atom stereocenters. The standard InChI is InChI=1S/C14H15BrN2O2.C9H7BrN2O.C5H9ClO/c1-14(2,3)13(18)19-12-5-4-9(15)6-10(12)11-7-16-8-17-11;10-6-1-2-9(13)7(3-6)8-4-11-5-12-8;1-5(2,3)4(6)7/h4-8H,1-3H3,(H,16,17);1-5,13H,(H,11,12);1-3H3. The number of aromatic nitrogens is 4. The Bertz CT molecular complexity index is 1380. The first-order valence-corrected chi connectivity index (χ1v) is 13.7. The van der Waals surface area contributed by atoms with E-state index in [4.69, 9.17) is 16.3 Å². The smallest absolute Gasteiger partial charge is 0.316 e. The van der Waals surface area contributed by atoms with E-state index >= 15 is 0 Å². The molecule has 0 amide bonds. The Balaban J connectivity index is 0.000000230. The topological polar surface area (TPSA) is 121 Å². The maximum atomic E-state index is 12.0. The SMILES string of the molecule is CC(C)(C)C(=O)Cl.CC(C)(C)C(=O)Oc1ccc(Br)cc1-c1cnc[nH]1.Oc1ccc(Br)cc1-c1cnc[nH]1. The summed E-state index contributed by atoms with van der Waals surface area (Å²) in [5, 5.41) is 9.25. The second-order valence-corrected chi connectivity index (χ2v) is 12.6. The van der Waals surface area contributed by atoms with Crippen molar-refractivity contribution in [2.75, 3.05) is 0 Å². The third-order valence-electron chi connectivity index (χ3n) is 4.88. The first-order chi connectivity index (χ1) is 18.1. The van der Waals surface area contributed by atoms with Crippen molar-refractivity contribution in [1.29, 1.82) is 0 Å². The molecule has 0 bridgehead atoms. The number of benzene rings is 2. The second-order valence-electron chi connectivity index (χ2n) is 10.4. The fourth-order valence-electron chi connectivity index (χ4n) is 2.58. The first kappa shape index (κ1) is 32.3. The summed E-state index contributed by atoms with van der Waals surface area (Å²) in [7, 11) is 0. The van der Waals surface area contributed by atoms with Gasteiger partial charge in [0.2, 0.25) is 5.24 Å². The number of nitrogens with zero attached hydrogens (tertiary/aromatic N) is 2. The van der Waals surface area contributed by atoms with E-state index in [1.165, 1.54) is 0 Å². The molecule has 0 radical (unpaired) electrons. The quantitative estimate of drug-likeness (QED) is 0.114. The molecule has 0 aliphatic carbocycles. The van der Waals surface area contributed by atoms with Crippen LogP contribution in [0.2, 0.25) is 0 Å². The third-order valence-corrected chi connectivity index (χ3v) is 6.44. The van der Waals surface area contributed by atoms with Gasteiger partial charge in [0, 0.05) is 25.5 Å². The number of imidazole rings is 2. The Kier molecular flexibility index (Phi) is 11.5. The van der Waals surface area contributed by atoms with Crippen LogP contribution < -0.4 is 4.74 Å². The molecule has 0 fully saturated rings. The Labute approximate surface area is 249 Å². The molecule has 39 heavy (non-hydrogen) atoms. The molecule has 0 aliphatic heterocycles. The highest BCUT2D eigenvalue weighted by molar-refractivity contribution is 9.10. The van der Waals surface area contributed by atoms with Crippen LogP contribution in [-0.2, 0) is 9.59 Å². The molecule has 4 rings (SSSR count). The molecular weight excluding hydrogens is 652 g/mol. The first-order valence-electron chi connectivity index (χ1n) is 11.8. The van der Waals surface area contributed by atoms with Crippen LogP contribution in [0.3, 0.4) is 0 Å². The number of ether oxygens (including phenoxy) is 1. The lowest BCUT2D eigenvalue weighted by molar-refractivity contribution is -0.142. The van der Waals surface area contributed by atoms with E-state index in [1.54, 1.807) is 64.0 Å². The number of hydrogen-bond acceptors (Lipinski definition) is 6. The van der Waals surface area contributed by atoms with Gasteiger partial charge in [0.25, 0.3) is 0 Å². The van der Waals surface area contributed by atoms with Crippen molar-refractivity contribution in [2.24, 2.45) is 10.8 Å². The number of esters is 1. The lowest BCUT2D eigenvalue weighted by atomic mass is 9.97. The Morgan fingerprint density at radius 2 is 1.28 bits per heavy atom. The zero-order chi connectivity index (χ0) is 29.4. The molecule has 2 aromatic carbocycles. The van der Waals surface area contributed by atoms with Crippen LogP contribution in [0.25, 0.3) is 22.5 Å². The molecule has 11 heteroatoms. The molecule has 0 atom stereocenters. The van der Waals surface area contributed by atoms with Gasteiger partial charge >= 0.3 is 5.97 Å². The van der Waals surface area contributed by atoms with Gasteiger partial charge in [-0.15, -0.1) is 0 Å². The summed E-state index contributed by atoms with van der Waals surface area (Å²) in [6.45, 7) is 10.8. The molecule has 0 spiro atoms. The molecule has 2 heterocycles. The minimum atomic E-state index is -0.543. The van der Waals surface area contributed by atoms with Crippen LogP contribution in [0.5, 0.6) is 11.5 Å². The molecule has 3 N–H and O–H groups in total. The van der Waals surface area contributed by atoms with Gasteiger partial charge in [0.1, 0.15) is 11.5 Å². The average molecular weight is 683 g/mol. The summed E-state index contributed by atoms with van der Waals surface area (Å²) in [5.74, 6) is 0.496. The predicted molar refractivity (Wildman–Crippen MR) is 161 cm³/mol. The van der Waals surface area contributed by atoms with Gasteiger partial charge in [-0.1, -0.05) is 52.6 Å². The molecule has 8 nitrogen and oxygen atoms in total. The molecular formula is C28H31Br2ClN4O4. The van der Waals surface area contributed by atoms with Gasteiger partial charge in [-0.3, -0.25) is 9.59 Å². The third kappa shape index (κ3) is 10.3. The number of carbonyl (C=O) groups is 2. The highest BCUT2D eigenvalue weighted by Gasteiger charge is 2.25. The van der Waals surface area contributed by atoms with Crippen LogP contribution in [0.1, 0.15) is 41.5 Å². The molecule has 0 aliphatic rings. The van der Waals surface area contributed by atoms with Crippen LogP contribution in [0.15, 0.2) is 70.4 Å². The maximum Gasteiger partial charge on any atom is 0.316 e. The molecule has 0 saturated carbocycles. The zero-order valence-electron chi connectivity index (χ0n) is 22.5. The van der Waals surface area contributed by atoms with E-state index in [1.807, 2.05) is 39.0 Å². The number of phenols is 1. The van der Waals surface area contributed by atoms with Crippen LogP contribution in [0, 0.1) is 10.8 Å². The number of H-pyrrole nitrogens is 2. The van der Waals surface area contributed by atoms with Crippen molar-refractivity contribution in [3.63, 3.8) is 0 Å². The highest BCUT2D eigenvalue weighted by atomic mass is 79.9. The number of aromatic hydroxyl groups is 1. The predicted octanol–water partition coefficient (Wildman–Crippen LogP) is 8.13. The van der Waals surface area contributed by atoms with Gasteiger partial charge in [-0.2, -0.15) is 0 Å². The van der Waals surface area contributed by atoms with Crippen LogP contribution in [-0.4, -0.2) is 36.3 Å². The minimum Gasteiger partial charge on any atom is -0.507 e. The van der Waals surface area contributed by atoms with Gasteiger partial charge in [-0.25, -0.2) is 9.97 Å². The summed E-state index contributed by atoms with van der Waals surface area (Å²) in [6, 6.07) is 10.8. The van der Waals surface area contributed by atoms with Crippen LogP contribution >= 0.6 is 43.5 Å². The number of hydrogen-bond donors (Lipinski definition) is 3. The average Bonchev–Trinajstić information content (AvgIpc) is 3.56. The van der Waals surface area contributed by atoms with Crippen molar-refractivity contribution < 1.29 is 19.4 Å². The van der Waals surface area contributed by atoms with Gasteiger partial charge in [-0.05, 0) is 68.8 Å². The van der Waals surface area contributed by atoms with Crippen molar-refractivity contribution >= 4 is 54.7 Å². The Morgan fingerprint density at radius 3 is 1.72 bits per heavy atom. The van der Waals surface area contributed by atoms with Gasteiger partial charge < -0.3 is 19.8 Å².